The van der Waals surface area contributed by atoms with Gasteiger partial charge in [-0.25, -0.2) is 4.68 Å². The van der Waals surface area contributed by atoms with Crippen molar-refractivity contribution in [3.05, 3.63) is 29.8 Å². The predicted molar refractivity (Wildman–Crippen MR) is 60.0 cm³/mol. The van der Waals surface area contributed by atoms with Crippen LogP contribution in [0.3, 0.4) is 0 Å². The van der Waals surface area contributed by atoms with Crippen molar-refractivity contribution in [1.82, 2.24) is 20.2 Å². The van der Waals surface area contributed by atoms with Crippen LogP contribution in [0.5, 0.6) is 0 Å². The summed E-state index contributed by atoms with van der Waals surface area (Å²) in [4.78, 5) is 11.2. The molecule has 0 saturated heterocycles. The van der Waals surface area contributed by atoms with E-state index in [2.05, 4.69) is 20.3 Å². The number of carbonyl (C=O) groups is 1. The van der Waals surface area contributed by atoms with Crippen molar-refractivity contribution in [2.24, 2.45) is 0 Å². The van der Waals surface area contributed by atoms with E-state index in [4.69, 9.17) is 0 Å². The summed E-state index contributed by atoms with van der Waals surface area (Å²) in [7, 11) is 1.33. The molecule has 0 aliphatic rings. The second kappa shape index (κ2) is 4.73. The molecule has 0 aliphatic carbocycles. The maximum absolute atomic E-state index is 11.2. The number of methoxy groups -OCH3 is 1. The molecule has 0 spiro atoms. The first kappa shape index (κ1) is 11.3. The molecule has 0 radical (unpaired) electrons. The summed E-state index contributed by atoms with van der Waals surface area (Å²) in [5, 5.41) is 11.2. The smallest absolute Gasteiger partial charge is 0.327 e. The van der Waals surface area contributed by atoms with Crippen molar-refractivity contribution >= 4 is 5.97 Å². The SMILES string of the molecule is COC(=O)Cn1nnnc1-c1ccc(C)cc1. The number of carbonyl (C=O) groups excluding carboxylic acids is 1. The number of rotatable bonds is 3. The minimum Gasteiger partial charge on any atom is -0.468 e. The molecule has 0 atom stereocenters. The van der Waals surface area contributed by atoms with Crippen molar-refractivity contribution in [2.45, 2.75) is 13.5 Å². The fourth-order valence-electron chi connectivity index (χ4n) is 1.41. The molecule has 1 heterocycles. The van der Waals surface area contributed by atoms with Gasteiger partial charge in [0, 0.05) is 5.56 Å². The molecule has 0 aliphatic heterocycles. The van der Waals surface area contributed by atoms with Gasteiger partial charge in [-0.1, -0.05) is 29.8 Å². The predicted octanol–water partition coefficient (Wildman–Crippen LogP) is 0.822. The van der Waals surface area contributed by atoms with Gasteiger partial charge in [0.15, 0.2) is 5.82 Å². The fraction of sp³-hybridized carbons (Fsp3) is 0.273. The maximum atomic E-state index is 11.2. The minimum absolute atomic E-state index is 0.00666. The van der Waals surface area contributed by atoms with Gasteiger partial charge >= 0.3 is 5.97 Å². The van der Waals surface area contributed by atoms with E-state index in [-0.39, 0.29) is 12.5 Å². The molecule has 0 amide bonds. The lowest BCUT2D eigenvalue weighted by Crippen LogP contribution is -2.14. The summed E-state index contributed by atoms with van der Waals surface area (Å²) in [5.74, 6) is 0.168. The normalized spacial score (nSPS) is 10.2. The zero-order chi connectivity index (χ0) is 12.3. The van der Waals surface area contributed by atoms with Crippen LogP contribution in [0, 0.1) is 6.92 Å². The Morgan fingerprint density at radius 3 is 2.71 bits per heavy atom. The molecular weight excluding hydrogens is 220 g/mol. The lowest BCUT2D eigenvalue weighted by molar-refractivity contribution is -0.141. The Labute approximate surface area is 98.2 Å². The number of ether oxygens (including phenoxy) is 1. The number of nitrogens with zero attached hydrogens (tertiary/aromatic N) is 4. The first-order valence-corrected chi connectivity index (χ1v) is 5.10. The fourth-order valence-corrected chi connectivity index (χ4v) is 1.41. The van der Waals surface area contributed by atoms with Crippen LogP contribution in [0.4, 0.5) is 0 Å². The van der Waals surface area contributed by atoms with Gasteiger partial charge in [-0.15, -0.1) is 5.10 Å². The molecule has 0 saturated carbocycles. The molecule has 0 bridgehead atoms. The highest BCUT2D eigenvalue weighted by atomic mass is 16.5. The largest absolute Gasteiger partial charge is 0.468 e. The lowest BCUT2D eigenvalue weighted by atomic mass is 10.1. The Bertz CT molecular complexity index is 519. The third kappa shape index (κ3) is 2.47. The van der Waals surface area contributed by atoms with Crippen LogP contribution in [0.1, 0.15) is 5.56 Å². The van der Waals surface area contributed by atoms with Gasteiger partial charge in [-0.2, -0.15) is 0 Å². The molecule has 0 fully saturated rings. The number of hydrogen-bond donors (Lipinski definition) is 0. The van der Waals surface area contributed by atoms with Crippen LogP contribution in [0.25, 0.3) is 11.4 Å². The van der Waals surface area contributed by atoms with Crippen LogP contribution >= 0.6 is 0 Å². The van der Waals surface area contributed by atoms with Gasteiger partial charge < -0.3 is 4.74 Å². The van der Waals surface area contributed by atoms with E-state index < -0.39 is 0 Å². The highest BCUT2D eigenvalue weighted by Gasteiger charge is 2.11. The molecule has 6 heteroatoms. The van der Waals surface area contributed by atoms with Crippen LogP contribution in [-0.2, 0) is 16.1 Å². The average Bonchev–Trinajstić information content (AvgIpc) is 2.78. The van der Waals surface area contributed by atoms with E-state index in [1.54, 1.807) is 0 Å². The van der Waals surface area contributed by atoms with Crippen molar-refractivity contribution in [3.63, 3.8) is 0 Å². The summed E-state index contributed by atoms with van der Waals surface area (Å²) in [6, 6.07) is 7.75. The molecule has 2 rings (SSSR count). The Morgan fingerprint density at radius 1 is 1.35 bits per heavy atom. The zero-order valence-electron chi connectivity index (χ0n) is 9.62. The Kier molecular flexibility index (Phi) is 3.13. The van der Waals surface area contributed by atoms with Gasteiger partial charge in [-0.05, 0) is 17.4 Å². The Morgan fingerprint density at radius 2 is 2.06 bits per heavy atom. The summed E-state index contributed by atoms with van der Waals surface area (Å²) in [6.07, 6.45) is 0. The maximum Gasteiger partial charge on any atom is 0.327 e. The molecule has 1 aromatic heterocycles. The van der Waals surface area contributed by atoms with E-state index in [1.165, 1.54) is 11.8 Å². The summed E-state index contributed by atoms with van der Waals surface area (Å²) in [6.45, 7) is 2.01. The first-order chi connectivity index (χ1) is 8.20. The highest BCUT2D eigenvalue weighted by Crippen LogP contribution is 2.15. The molecule has 6 nitrogen and oxygen atoms in total. The number of aryl methyl sites for hydroxylation is 1. The van der Waals surface area contributed by atoms with E-state index in [9.17, 15) is 4.79 Å². The molecule has 17 heavy (non-hydrogen) atoms. The number of aromatic nitrogens is 4. The van der Waals surface area contributed by atoms with Crippen molar-refractivity contribution < 1.29 is 9.53 Å². The summed E-state index contributed by atoms with van der Waals surface area (Å²) >= 11 is 0. The van der Waals surface area contributed by atoms with Crippen LogP contribution in [0.15, 0.2) is 24.3 Å². The lowest BCUT2D eigenvalue weighted by Gasteiger charge is -2.03. The second-order valence-electron chi connectivity index (χ2n) is 3.60. The van der Waals surface area contributed by atoms with Gasteiger partial charge in [-0.3, -0.25) is 4.79 Å². The van der Waals surface area contributed by atoms with Gasteiger partial charge in [0.25, 0.3) is 0 Å². The van der Waals surface area contributed by atoms with Crippen LogP contribution in [-0.4, -0.2) is 33.3 Å². The zero-order valence-corrected chi connectivity index (χ0v) is 9.62. The molecule has 1 aromatic carbocycles. The third-order valence-electron chi connectivity index (χ3n) is 2.35. The summed E-state index contributed by atoms with van der Waals surface area (Å²) < 4.78 is 5.99. The minimum atomic E-state index is -0.384. The standard InChI is InChI=1S/C11H12N4O2/c1-8-3-5-9(6-4-8)11-12-13-14-15(11)7-10(16)17-2/h3-6H,7H2,1-2H3. The average molecular weight is 232 g/mol. The van der Waals surface area contributed by atoms with E-state index in [0.717, 1.165) is 11.1 Å². The second-order valence-corrected chi connectivity index (χ2v) is 3.60. The molecule has 88 valence electrons. The first-order valence-electron chi connectivity index (χ1n) is 5.10. The number of hydrogen-bond acceptors (Lipinski definition) is 5. The topological polar surface area (TPSA) is 69.9 Å². The molecule has 0 unspecified atom stereocenters. The van der Waals surface area contributed by atoms with Crippen LogP contribution < -0.4 is 0 Å². The van der Waals surface area contributed by atoms with E-state index in [0.29, 0.717) is 5.82 Å². The summed E-state index contributed by atoms with van der Waals surface area (Å²) in [5.41, 5.74) is 2.02. The monoisotopic (exact) mass is 232 g/mol. The molecule has 0 N–H and O–H groups in total. The third-order valence-corrected chi connectivity index (χ3v) is 2.35. The Hall–Kier alpha value is -2.24. The highest BCUT2D eigenvalue weighted by molar-refractivity contribution is 5.69. The van der Waals surface area contributed by atoms with Crippen molar-refractivity contribution in [3.8, 4) is 11.4 Å². The van der Waals surface area contributed by atoms with Gasteiger partial charge in [0.2, 0.25) is 0 Å². The molecular formula is C11H12N4O2. The van der Waals surface area contributed by atoms with Gasteiger partial charge in [0.1, 0.15) is 6.54 Å². The molecule has 2 aromatic rings. The van der Waals surface area contributed by atoms with Gasteiger partial charge in [0.05, 0.1) is 7.11 Å². The van der Waals surface area contributed by atoms with Crippen molar-refractivity contribution in [1.29, 1.82) is 0 Å². The Balaban J connectivity index is 2.30. The van der Waals surface area contributed by atoms with Crippen molar-refractivity contribution in [2.75, 3.05) is 7.11 Å². The quantitative estimate of drug-likeness (QED) is 0.733. The van der Waals surface area contributed by atoms with E-state index >= 15 is 0 Å². The number of tetrazole rings is 1. The van der Waals surface area contributed by atoms with Crippen LogP contribution in [0.2, 0.25) is 0 Å². The number of esters is 1. The number of benzene rings is 1. The van der Waals surface area contributed by atoms with E-state index in [1.807, 2.05) is 31.2 Å².